The molecule has 0 aromatic carbocycles. The minimum absolute atomic E-state index is 0.0959. The molecule has 5 heteroatoms. The third-order valence-corrected chi connectivity index (χ3v) is 3.49. The summed E-state index contributed by atoms with van der Waals surface area (Å²) in [4.78, 5) is 14.9. The molecule has 0 spiro atoms. The molecular formula is C10H12N2O2S. The minimum atomic E-state index is -0.781. The van der Waals surface area contributed by atoms with Crippen LogP contribution in [0, 0.1) is 0 Å². The van der Waals surface area contributed by atoms with E-state index in [4.69, 9.17) is 5.11 Å². The maximum Gasteiger partial charge on any atom is 0.321 e. The van der Waals surface area contributed by atoms with Gasteiger partial charge in [-0.15, -0.1) is 0 Å². The van der Waals surface area contributed by atoms with Crippen LogP contribution in [0.4, 0.5) is 0 Å². The van der Waals surface area contributed by atoms with Gasteiger partial charge < -0.3 is 5.11 Å². The normalized spacial score (nSPS) is 26.1. The van der Waals surface area contributed by atoms with Crippen molar-refractivity contribution in [2.45, 2.75) is 12.1 Å². The van der Waals surface area contributed by atoms with Crippen molar-refractivity contribution in [3.05, 3.63) is 30.1 Å². The smallest absolute Gasteiger partial charge is 0.321 e. The first kappa shape index (κ1) is 10.4. The van der Waals surface area contributed by atoms with E-state index >= 15 is 0 Å². The Morgan fingerprint density at radius 2 is 2.47 bits per heavy atom. The molecule has 0 aliphatic carbocycles. The van der Waals surface area contributed by atoms with Crippen LogP contribution in [0.1, 0.15) is 11.6 Å². The molecule has 2 heterocycles. The molecule has 4 nitrogen and oxygen atoms in total. The van der Waals surface area contributed by atoms with Gasteiger partial charge in [0.25, 0.3) is 0 Å². The SMILES string of the molecule is O=C(O)[C@@H]1CSCC(c2cccnc2)N1. The summed E-state index contributed by atoms with van der Waals surface area (Å²) in [7, 11) is 0. The van der Waals surface area contributed by atoms with Crippen LogP contribution in [0.5, 0.6) is 0 Å². The number of thioether (sulfide) groups is 1. The molecule has 1 saturated heterocycles. The fourth-order valence-electron chi connectivity index (χ4n) is 1.56. The van der Waals surface area contributed by atoms with Crippen LogP contribution >= 0.6 is 11.8 Å². The van der Waals surface area contributed by atoms with Gasteiger partial charge in [0.1, 0.15) is 6.04 Å². The molecule has 1 aliphatic heterocycles. The quantitative estimate of drug-likeness (QED) is 0.782. The Labute approximate surface area is 92.1 Å². The number of carboxylic acids is 1. The lowest BCUT2D eigenvalue weighted by molar-refractivity contribution is -0.139. The first-order chi connectivity index (χ1) is 7.27. The Hall–Kier alpha value is -1.07. The third kappa shape index (κ3) is 2.49. The second-order valence-electron chi connectivity index (χ2n) is 3.43. The van der Waals surface area contributed by atoms with E-state index < -0.39 is 12.0 Å². The van der Waals surface area contributed by atoms with E-state index in [2.05, 4.69) is 10.3 Å². The predicted octanol–water partition coefficient (Wildman–Crippen LogP) is 0.912. The highest BCUT2D eigenvalue weighted by Gasteiger charge is 2.27. The lowest BCUT2D eigenvalue weighted by atomic mass is 10.1. The van der Waals surface area contributed by atoms with E-state index in [0.29, 0.717) is 5.75 Å². The first-order valence-electron chi connectivity index (χ1n) is 4.74. The number of carbonyl (C=O) groups is 1. The number of nitrogens with zero attached hydrogens (tertiary/aromatic N) is 1. The van der Waals surface area contributed by atoms with E-state index in [1.165, 1.54) is 0 Å². The molecule has 0 bridgehead atoms. The zero-order chi connectivity index (χ0) is 10.7. The summed E-state index contributed by atoms with van der Waals surface area (Å²) in [6.07, 6.45) is 3.50. The fourth-order valence-corrected chi connectivity index (χ4v) is 2.69. The van der Waals surface area contributed by atoms with Crippen LogP contribution in [-0.4, -0.2) is 33.6 Å². The number of carboxylic acid groups (broad SMARTS) is 1. The minimum Gasteiger partial charge on any atom is -0.480 e. The molecule has 0 radical (unpaired) electrons. The topological polar surface area (TPSA) is 62.2 Å². The largest absolute Gasteiger partial charge is 0.480 e. The Balaban J connectivity index is 2.08. The monoisotopic (exact) mass is 224 g/mol. The van der Waals surface area contributed by atoms with Crippen LogP contribution in [0.2, 0.25) is 0 Å². The Kier molecular flexibility index (Phi) is 3.23. The molecule has 1 aromatic rings. The summed E-state index contributed by atoms with van der Waals surface area (Å²) in [6, 6.07) is 3.48. The summed E-state index contributed by atoms with van der Waals surface area (Å²) in [6.45, 7) is 0. The molecule has 0 amide bonds. The molecule has 80 valence electrons. The highest BCUT2D eigenvalue weighted by atomic mass is 32.2. The zero-order valence-electron chi connectivity index (χ0n) is 8.09. The number of aliphatic carboxylic acids is 1. The maximum atomic E-state index is 10.8. The average molecular weight is 224 g/mol. The van der Waals surface area contributed by atoms with Crippen molar-refractivity contribution in [1.82, 2.24) is 10.3 Å². The molecular weight excluding hydrogens is 212 g/mol. The van der Waals surface area contributed by atoms with E-state index in [-0.39, 0.29) is 6.04 Å². The van der Waals surface area contributed by atoms with Gasteiger partial charge in [-0.3, -0.25) is 15.1 Å². The third-order valence-electron chi connectivity index (χ3n) is 2.36. The average Bonchev–Trinajstić information content (AvgIpc) is 2.30. The fraction of sp³-hybridized carbons (Fsp3) is 0.400. The van der Waals surface area contributed by atoms with Gasteiger partial charge in [0, 0.05) is 29.9 Å². The maximum absolute atomic E-state index is 10.8. The summed E-state index contributed by atoms with van der Waals surface area (Å²) >= 11 is 1.66. The molecule has 0 saturated carbocycles. The molecule has 2 rings (SSSR count). The molecule has 15 heavy (non-hydrogen) atoms. The number of pyridine rings is 1. The Morgan fingerprint density at radius 3 is 3.13 bits per heavy atom. The number of hydrogen-bond donors (Lipinski definition) is 2. The lowest BCUT2D eigenvalue weighted by Gasteiger charge is -2.28. The molecule has 2 N–H and O–H groups in total. The number of rotatable bonds is 2. The van der Waals surface area contributed by atoms with Crippen molar-refractivity contribution >= 4 is 17.7 Å². The molecule has 2 atom stereocenters. The lowest BCUT2D eigenvalue weighted by Crippen LogP contribution is -2.45. The van der Waals surface area contributed by atoms with Crippen LogP contribution in [-0.2, 0) is 4.79 Å². The van der Waals surface area contributed by atoms with Crippen molar-refractivity contribution in [3.63, 3.8) is 0 Å². The van der Waals surface area contributed by atoms with Gasteiger partial charge in [-0.25, -0.2) is 0 Å². The second-order valence-corrected chi connectivity index (χ2v) is 4.51. The van der Waals surface area contributed by atoms with Crippen LogP contribution in [0.25, 0.3) is 0 Å². The number of aromatic nitrogens is 1. The van der Waals surface area contributed by atoms with E-state index in [0.717, 1.165) is 11.3 Å². The Bertz CT molecular complexity index is 345. The molecule has 1 aliphatic rings. The second kappa shape index (κ2) is 4.63. The van der Waals surface area contributed by atoms with Gasteiger partial charge in [-0.05, 0) is 11.6 Å². The van der Waals surface area contributed by atoms with E-state index in [9.17, 15) is 4.79 Å². The van der Waals surface area contributed by atoms with Gasteiger partial charge in [0.05, 0.1) is 0 Å². The summed E-state index contributed by atoms with van der Waals surface area (Å²) in [5, 5.41) is 12.0. The van der Waals surface area contributed by atoms with Crippen LogP contribution in [0.3, 0.4) is 0 Å². The van der Waals surface area contributed by atoms with Crippen molar-refractivity contribution in [2.24, 2.45) is 0 Å². The standard InChI is InChI=1S/C10H12N2O2S/c13-10(14)9-6-15-5-8(12-9)7-2-1-3-11-4-7/h1-4,8-9,12H,5-6H2,(H,13,14)/t8?,9-/m0/s1. The van der Waals surface area contributed by atoms with Gasteiger partial charge >= 0.3 is 5.97 Å². The van der Waals surface area contributed by atoms with E-state index in [1.807, 2.05) is 12.1 Å². The van der Waals surface area contributed by atoms with Crippen LogP contribution < -0.4 is 5.32 Å². The highest BCUT2D eigenvalue weighted by Crippen LogP contribution is 2.23. The van der Waals surface area contributed by atoms with Gasteiger partial charge in [-0.2, -0.15) is 11.8 Å². The van der Waals surface area contributed by atoms with Crippen molar-refractivity contribution < 1.29 is 9.90 Å². The summed E-state index contributed by atoms with van der Waals surface area (Å²) in [5.41, 5.74) is 1.05. The number of nitrogens with one attached hydrogen (secondary N) is 1. The van der Waals surface area contributed by atoms with Crippen LogP contribution in [0.15, 0.2) is 24.5 Å². The molecule has 1 aromatic heterocycles. The Morgan fingerprint density at radius 1 is 1.60 bits per heavy atom. The highest BCUT2D eigenvalue weighted by molar-refractivity contribution is 7.99. The molecule has 1 unspecified atom stereocenters. The summed E-state index contributed by atoms with van der Waals surface area (Å²) in [5.74, 6) is 0.748. The number of hydrogen-bond acceptors (Lipinski definition) is 4. The first-order valence-corrected chi connectivity index (χ1v) is 5.89. The van der Waals surface area contributed by atoms with Crippen molar-refractivity contribution in [1.29, 1.82) is 0 Å². The zero-order valence-corrected chi connectivity index (χ0v) is 8.91. The molecule has 1 fully saturated rings. The van der Waals surface area contributed by atoms with Gasteiger partial charge in [-0.1, -0.05) is 6.07 Å². The predicted molar refractivity (Wildman–Crippen MR) is 58.9 cm³/mol. The van der Waals surface area contributed by atoms with Gasteiger partial charge in [0.15, 0.2) is 0 Å². The van der Waals surface area contributed by atoms with E-state index in [1.54, 1.807) is 24.2 Å². The van der Waals surface area contributed by atoms with Gasteiger partial charge in [0.2, 0.25) is 0 Å². The summed E-state index contributed by atoms with van der Waals surface area (Å²) < 4.78 is 0. The van der Waals surface area contributed by atoms with Crippen molar-refractivity contribution in [3.8, 4) is 0 Å². The van der Waals surface area contributed by atoms with Crippen molar-refractivity contribution in [2.75, 3.05) is 11.5 Å².